The number of amides is 2. The Hall–Kier alpha value is -2.13. The highest BCUT2D eigenvalue weighted by atomic mass is 19.2. The van der Waals surface area contributed by atoms with E-state index in [1.165, 1.54) is 0 Å². The number of quaternary nitrogens is 2. The van der Waals surface area contributed by atoms with Crippen molar-refractivity contribution in [2.75, 3.05) is 38.0 Å². The second-order valence-corrected chi connectivity index (χ2v) is 8.67. The zero-order chi connectivity index (χ0) is 21.8. The molecule has 0 aromatic heterocycles. The molecule has 0 aliphatic carbocycles. The maximum atomic E-state index is 13.8. The molecule has 2 amide bonds. The van der Waals surface area contributed by atoms with Crippen LogP contribution in [-0.4, -0.2) is 56.1 Å². The highest BCUT2D eigenvalue weighted by Crippen LogP contribution is 2.19. The summed E-state index contributed by atoms with van der Waals surface area (Å²) in [5.74, 6) is -4.78. The zero-order valence-corrected chi connectivity index (χ0v) is 17.4. The summed E-state index contributed by atoms with van der Waals surface area (Å²) in [6.45, 7) is 10.9. The van der Waals surface area contributed by atoms with E-state index < -0.39 is 29.4 Å². The first-order chi connectivity index (χ1) is 13.5. The monoisotopic (exact) mass is 416 g/mol. The predicted molar refractivity (Wildman–Crippen MR) is 103 cm³/mol. The number of nitrogens with one attached hydrogen (secondary N) is 4. The Labute approximate surface area is 169 Å². The molecule has 2 unspecified atom stereocenters. The van der Waals surface area contributed by atoms with Gasteiger partial charge in [-0.05, 0) is 39.8 Å². The third-order valence-corrected chi connectivity index (χ3v) is 5.05. The van der Waals surface area contributed by atoms with Crippen LogP contribution in [0.5, 0.6) is 0 Å². The Kier molecular flexibility index (Phi) is 7.65. The predicted octanol–water partition coefficient (Wildman–Crippen LogP) is -0.481. The molecule has 1 heterocycles. The highest BCUT2D eigenvalue weighted by molar-refractivity contribution is 5.93. The van der Waals surface area contributed by atoms with Crippen LogP contribution in [-0.2, 0) is 9.59 Å². The van der Waals surface area contributed by atoms with Gasteiger partial charge in [-0.1, -0.05) is 0 Å². The first kappa shape index (κ1) is 23.2. The highest BCUT2D eigenvalue weighted by Gasteiger charge is 2.30. The van der Waals surface area contributed by atoms with Gasteiger partial charge in [0.1, 0.15) is 13.1 Å². The van der Waals surface area contributed by atoms with Gasteiger partial charge in [-0.15, -0.1) is 0 Å². The van der Waals surface area contributed by atoms with Crippen molar-refractivity contribution in [1.29, 1.82) is 0 Å². The lowest BCUT2D eigenvalue weighted by Gasteiger charge is -2.24. The van der Waals surface area contributed by atoms with E-state index in [9.17, 15) is 22.8 Å². The van der Waals surface area contributed by atoms with Gasteiger partial charge in [-0.2, -0.15) is 0 Å². The fourth-order valence-electron chi connectivity index (χ4n) is 3.50. The summed E-state index contributed by atoms with van der Waals surface area (Å²) in [7, 11) is 0. The standard InChI is InChI=1S/C20H29F3N4O2/c1-13(19(29)24-15-7-6-14(21)17(22)18(15)23)27-9-5-8-26(10-11-27)12-16(28)25-20(2,3)4/h6-7,13H,5,8-12H2,1-4H3,(H,24,29)(H,25,28)/p+2/t13-/m0/s1. The Morgan fingerprint density at radius 1 is 1.07 bits per heavy atom. The molecule has 162 valence electrons. The van der Waals surface area contributed by atoms with Crippen molar-refractivity contribution in [3.63, 3.8) is 0 Å². The SMILES string of the molecule is C[C@@H](C(=O)Nc1ccc(F)c(F)c1F)[NH+]1CCC[NH+](CC(=O)NC(C)(C)C)CC1. The minimum Gasteiger partial charge on any atom is -0.347 e. The second kappa shape index (κ2) is 9.58. The molecule has 0 radical (unpaired) electrons. The topological polar surface area (TPSA) is 67.1 Å². The fraction of sp³-hybridized carbons (Fsp3) is 0.600. The van der Waals surface area contributed by atoms with Gasteiger partial charge in [0.15, 0.2) is 30.0 Å². The Bertz CT molecular complexity index is 752. The van der Waals surface area contributed by atoms with Crippen molar-refractivity contribution >= 4 is 17.5 Å². The largest absolute Gasteiger partial charge is 0.347 e. The average Bonchev–Trinajstić information content (AvgIpc) is 2.85. The molecule has 6 nitrogen and oxygen atoms in total. The van der Waals surface area contributed by atoms with Crippen molar-refractivity contribution < 1.29 is 32.6 Å². The normalized spacial score (nSPS) is 21.2. The van der Waals surface area contributed by atoms with E-state index in [1.807, 2.05) is 20.8 Å². The van der Waals surface area contributed by atoms with Gasteiger partial charge in [0.25, 0.3) is 11.8 Å². The van der Waals surface area contributed by atoms with Gasteiger partial charge < -0.3 is 20.4 Å². The van der Waals surface area contributed by atoms with E-state index in [0.717, 1.165) is 48.0 Å². The lowest BCUT2D eigenvalue weighted by Crippen LogP contribution is -3.20. The van der Waals surface area contributed by atoms with Crippen LogP contribution in [0.25, 0.3) is 0 Å². The van der Waals surface area contributed by atoms with E-state index in [0.29, 0.717) is 13.1 Å². The smallest absolute Gasteiger partial charge is 0.282 e. The second-order valence-electron chi connectivity index (χ2n) is 8.67. The molecule has 29 heavy (non-hydrogen) atoms. The summed E-state index contributed by atoms with van der Waals surface area (Å²) >= 11 is 0. The van der Waals surface area contributed by atoms with Crippen molar-refractivity contribution in [3.05, 3.63) is 29.6 Å². The van der Waals surface area contributed by atoms with Crippen LogP contribution in [0.3, 0.4) is 0 Å². The van der Waals surface area contributed by atoms with Gasteiger partial charge in [0.05, 0.1) is 18.8 Å². The number of carbonyl (C=O) groups is 2. The van der Waals surface area contributed by atoms with Gasteiger partial charge in [0.2, 0.25) is 0 Å². The third-order valence-electron chi connectivity index (χ3n) is 5.05. The molecule has 9 heteroatoms. The molecular formula is C20H31F3N4O2+2. The summed E-state index contributed by atoms with van der Waals surface area (Å²) in [5.41, 5.74) is -0.650. The summed E-state index contributed by atoms with van der Waals surface area (Å²) in [6, 6.07) is 1.29. The molecule has 3 atom stereocenters. The van der Waals surface area contributed by atoms with Crippen LogP contribution in [0.1, 0.15) is 34.1 Å². The molecule has 2 rings (SSSR count). The maximum absolute atomic E-state index is 13.8. The van der Waals surface area contributed by atoms with Crippen LogP contribution in [0.2, 0.25) is 0 Å². The summed E-state index contributed by atoms with van der Waals surface area (Å²) < 4.78 is 40.2. The Balaban J connectivity index is 1.91. The van der Waals surface area contributed by atoms with Crippen LogP contribution < -0.4 is 20.4 Å². The number of halogens is 3. The van der Waals surface area contributed by atoms with Crippen LogP contribution in [0.15, 0.2) is 12.1 Å². The average molecular weight is 416 g/mol. The van der Waals surface area contributed by atoms with E-state index in [2.05, 4.69) is 10.6 Å². The Morgan fingerprint density at radius 3 is 2.41 bits per heavy atom. The van der Waals surface area contributed by atoms with E-state index in [1.54, 1.807) is 6.92 Å². The van der Waals surface area contributed by atoms with Gasteiger partial charge in [0, 0.05) is 12.0 Å². The molecular weight excluding hydrogens is 385 g/mol. The van der Waals surface area contributed by atoms with E-state index >= 15 is 0 Å². The molecule has 1 aliphatic heterocycles. The lowest BCUT2D eigenvalue weighted by molar-refractivity contribution is -0.942. The number of rotatable bonds is 5. The summed E-state index contributed by atoms with van der Waals surface area (Å²) in [6.07, 6.45) is 0.838. The summed E-state index contributed by atoms with van der Waals surface area (Å²) in [5, 5.41) is 5.31. The first-order valence-corrected chi connectivity index (χ1v) is 9.91. The quantitative estimate of drug-likeness (QED) is 0.490. The van der Waals surface area contributed by atoms with Gasteiger partial charge >= 0.3 is 0 Å². The van der Waals surface area contributed by atoms with Crippen LogP contribution in [0.4, 0.5) is 18.9 Å². The Morgan fingerprint density at radius 2 is 1.76 bits per heavy atom. The van der Waals surface area contributed by atoms with Crippen molar-refractivity contribution in [2.24, 2.45) is 0 Å². The van der Waals surface area contributed by atoms with Crippen molar-refractivity contribution in [1.82, 2.24) is 5.32 Å². The van der Waals surface area contributed by atoms with Gasteiger partial charge in [-0.25, -0.2) is 13.2 Å². The molecule has 0 bridgehead atoms. The molecule has 4 N–H and O–H groups in total. The molecule has 0 saturated carbocycles. The minimum absolute atomic E-state index is 0.00412. The minimum atomic E-state index is -1.61. The van der Waals surface area contributed by atoms with E-state index in [-0.39, 0.29) is 17.1 Å². The molecule has 1 aromatic carbocycles. The molecule has 1 fully saturated rings. The molecule has 1 saturated heterocycles. The van der Waals surface area contributed by atoms with Crippen LogP contribution >= 0.6 is 0 Å². The maximum Gasteiger partial charge on any atom is 0.282 e. The number of anilines is 1. The van der Waals surface area contributed by atoms with Crippen LogP contribution in [0, 0.1) is 17.5 Å². The van der Waals surface area contributed by atoms with Crippen molar-refractivity contribution in [3.8, 4) is 0 Å². The lowest BCUT2D eigenvalue weighted by atomic mass is 10.1. The summed E-state index contributed by atoms with van der Waals surface area (Å²) in [4.78, 5) is 26.8. The number of hydrogen-bond acceptors (Lipinski definition) is 2. The third kappa shape index (κ3) is 6.71. The number of carbonyl (C=O) groups excluding carboxylic acids is 2. The molecule has 1 aromatic rings. The zero-order valence-electron chi connectivity index (χ0n) is 17.4. The first-order valence-electron chi connectivity index (χ1n) is 9.91. The fourth-order valence-corrected chi connectivity index (χ4v) is 3.50. The number of benzene rings is 1. The molecule has 0 spiro atoms. The molecule has 1 aliphatic rings. The van der Waals surface area contributed by atoms with Crippen molar-refractivity contribution in [2.45, 2.75) is 45.7 Å². The van der Waals surface area contributed by atoms with E-state index in [4.69, 9.17) is 0 Å². The number of hydrogen-bond donors (Lipinski definition) is 4. The van der Waals surface area contributed by atoms with Gasteiger partial charge in [-0.3, -0.25) is 9.59 Å².